The van der Waals surface area contributed by atoms with Gasteiger partial charge in [-0.2, -0.15) is 0 Å². The molecule has 0 aliphatic rings. The summed E-state index contributed by atoms with van der Waals surface area (Å²) in [5.74, 6) is -0.774. The summed E-state index contributed by atoms with van der Waals surface area (Å²) in [5, 5.41) is 5.67. The Morgan fingerprint density at radius 3 is 2.33 bits per heavy atom. The van der Waals surface area contributed by atoms with Crippen LogP contribution < -0.4 is 10.6 Å². The Kier molecular flexibility index (Phi) is 6.39. The van der Waals surface area contributed by atoms with Gasteiger partial charge in [0, 0.05) is 24.0 Å². The third-order valence-corrected chi connectivity index (χ3v) is 4.31. The maximum absolute atomic E-state index is 12.8. The maximum atomic E-state index is 12.8. The summed E-state index contributed by atoms with van der Waals surface area (Å²) in [6, 6.07) is 6.32. The summed E-state index contributed by atoms with van der Waals surface area (Å²) in [5.41, 5.74) is 3.24. The molecule has 1 atom stereocenters. The summed E-state index contributed by atoms with van der Waals surface area (Å²) in [6.45, 7) is 7.23. The lowest BCUT2D eigenvalue weighted by atomic mass is 10.0. The summed E-state index contributed by atoms with van der Waals surface area (Å²) in [4.78, 5) is 39.5. The molecule has 0 bridgehead atoms. The van der Waals surface area contributed by atoms with Crippen LogP contribution in [0, 0.1) is 13.8 Å². The van der Waals surface area contributed by atoms with Crippen molar-refractivity contribution in [2.45, 2.75) is 33.7 Å². The molecular formula is C20H25N3O4. The Hall–Kier alpha value is -3.09. The fraction of sp³-hybridized carbons (Fsp3) is 0.350. The van der Waals surface area contributed by atoms with E-state index < -0.39 is 12.0 Å². The number of Topliss-reactive ketones (excluding diaryl/α,β-unsaturated/α-hetero) is 1. The Balaban J connectivity index is 2.17. The molecule has 3 N–H and O–H groups in total. The smallest absolute Gasteiger partial charge is 0.340 e. The van der Waals surface area contributed by atoms with Gasteiger partial charge in [0.05, 0.1) is 23.9 Å². The number of anilines is 1. The molecule has 0 saturated carbocycles. The normalized spacial score (nSPS) is 11.6. The first-order valence-corrected chi connectivity index (χ1v) is 8.79. The van der Waals surface area contributed by atoms with Gasteiger partial charge in [0.1, 0.15) is 0 Å². The van der Waals surface area contributed by atoms with Gasteiger partial charge in [0.25, 0.3) is 5.91 Å². The number of aryl methyl sites for hydroxylation is 1. The summed E-state index contributed by atoms with van der Waals surface area (Å²) >= 11 is 0. The first-order chi connectivity index (χ1) is 12.8. The molecule has 1 aromatic heterocycles. The Bertz CT molecular complexity index is 853. The van der Waals surface area contributed by atoms with Crippen molar-refractivity contribution in [1.82, 2.24) is 10.3 Å². The van der Waals surface area contributed by atoms with Crippen molar-refractivity contribution in [3.05, 3.63) is 52.3 Å². The number of amides is 1. The van der Waals surface area contributed by atoms with Crippen LogP contribution >= 0.6 is 0 Å². The predicted molar refractivity (Wildman–Crippen MR) is 103 cm³/mol. The van der Waals surface area contributed by atoms with Gasteiger partial charge in [-0.05, 0) is 57.5 Å². The third-order valence-electron chi connectivity index (χ3n) is 4.31. The molecule has 1 aromatic carbocycles. The van der Waals surface area contributed by atoms with E-state index in [9.17, 15) is 14.4 Å². The minimum Gasteiger partial charge on any atom is -0.462 e. The number of nitrogens with one attached hydrogen (secondary N) is 3. The number of H-pyrrole nitrogens is 1. The average molecular weight is 371 g/mol. The second-order valence-corrected chi connectivity index (χ2v) is 6.23. The van der Waals surface area contributed by atoms with E-state index in [0.29, 0.717) is 28.1 Å². The molecule has 0 fully saturated rings. The number of aromatic nitrogens is 1. The number of hydrogen-bond acceptors (Lipinski definition) is 5. The molecule has 0 aliphatic heterocycles. The van der Waals surface area contributed by atoms with E-state index in [1.54, 1.807) is 59.0 Å². The van der Waals surface area contributed by atoms with Crippen LogP contribution in [0.4, 0.5) is 5.69 Å². The van der Waals surface area contributed by atoms with E-state index in [0.717, 1.165) is 5.69 Å². The average Bonchev–Trinajstić information content (AvgIpc) is 2.95. The molecule has 144 valence electrons. The number of ether oxygens (including phenoxy) is 1. The topological polar surface area (TPSA) is 100 Å². The number of benzene rings is 1. The van der Waals surface area contributed by atoms with E-state index in [4.69, 9.17) is 4.74 Å². The van der Waals surface area contributed by atoms with Gasteiger partial charge in [-0.15, -0.1) is 0 Å². The molecule has 7 heteroatoms. The predicted octanol–water partition coefficient (Wildman–Crippen LogP) is 2.85. The van der Waals surface area contributed by atoms with Crippen LogP contribution in [0.15, 0.2) is 24.3 Å². The lowest BCUT2D eigenvalue weighted by Gasteiger charge is -2.14. The Morgan fingerprint density at radius 1 is 1.15 bits per heavy atom. The van der Waals surface area contributed by atoms with Crippen LogP contribution in [-0.2, 0) is 4.74 Å². The van der Waals surface area contributed by atoms with Crippen molar-refractivity contribution in [1.29, 1.82) is 0 Å². The lowest BCUT2D eigenvalue weighted by Crippen LogP contribution is -2.27. The third kappa shape index (κ3) is 4.36. The van der Waals surface area contributed by atoms with Crippen LogP contribution in [0.25, 0.3) is 0 Å². The number of hydrogen-bond donors (Lipinski definition) is 3. The van der Waals surface area contributed by atoms with E-state index in [1.807, 2.05) is 0 Å². The molecular weight excluding hydrogens is 346 g/mol. The first kappa shape index (κ1) is 20.2. The number of aromatic amines is 1. The highest BCUT2D eigenvalue weighted by Crippen LogP contribution is 2.21. The van der Waals surface area contributed by atoms with Gasteiger partial charge in [-0.1, -0.05) is 0 Å². The van der Waals surface area contributed by atoms with Crippen molar-refractivity contribution in [3.8, 4) is 0 Å². The molecule has 1 unspecified atom stereocenters. The van der Waals surface area contributed by atoms with Crippen molar-refractivity contribution in [2.75, 3.05) is 19.0 Å². The highest BCUT2D eigenvalue weighted by Gasteiger charge is 2.25. The van der Waals surface area contributed by atoms with Crippen molar-refractivity contribution in [3.63, 3.8) is 0 Å². The van der Waals surface area contributed by atoms with Gasteiger partial charge in [-0.25, -0.2) is 4.79 Å². The van der Waals surface area contributed by atoms with E-state index in [-0.39, 0.29) is 18.3 Å². The fourth-order valence-corrected chi connectivity index (χ4v) is 2.90. The van der Waals surface area contributed by atoms with Gasteiger partial charge in [0.15, 0.2) is 0 Å². The highest BCUT2D eigenvalue weighted by atomic mass is 16.5. The highest BCUT2D eigenvalue weighted by molar-refractivity contribution is 6.04. The molecule has 0 aliphatic carbocycles. The summed E-state index contributed by atoms with van der Waals surface area (Å²) < 4.78 is 5.06. The SMILES string of the molecule is CCOC(=O)c1c(C)[nH]c(C(=O)C(C)Nc2ccc(C(=O)NC)cc2)c1C. The number of esters is 1. The second kappa shape index (κ2) is 8.53. The maximum Gasteiger partial charge on any atom is 0.340 e. The van der Waals surface area contributed by atoms with Gasteiger partial charge < -0.3 is 20.4 Å². The fourth-order valence-electron chi connectivity index (χ4n) is 2.90. The zero-order valence-corrected chi connectivity index (χ0v) is 16.2. The van der Waals surface area contributed by atoms with E-state index in [1.165, 1.54) is 0 Å². The molecule has 0 saturated heterocycles. The Morgan fingerprint density at radius 2 is 1.78 bits per heavy atom. The monoisotopic (exact) mass is 371 g/mol. The quantitative estimate of drug-likeness (QED) is 0.513. The molecule has 2 rings (SSSR count). The van der Waals surface area contributed by atoms with Crippen LogP contribution in [-0.4, -0.2) is 42.3 Å². The van der Waals surface area contributed by atoms with Gasteiger partial charge >= 0.3 is 5.97 Å². The standard InChI is InChI=1S/C20H25N3O4/c1-6-27-20(26)16-11(2)17(23-12(16)3)18(24)13(4)22-15-9-7-14(8-10-15)19(25)21-5/h7-10,13,22-23H,6H2,1-5H3,(H,21,25). The van der Waals surface area contributed by atoms with Crippen LogP contribution in [0.1, 0.15) is 56.3 Å². The zero-order valence-electron chi connectivity index (χ0n) is 16.2. The molecule has 2 aromatic rings. The summed E-state index contributed by atoms with van der Waals surface area (Å²) in [7, 11) is 1.57. The van der Waals surface area contributed by atoms with Crippen LogP contribution in [0.5, 0.6) is 0 Å². The molecule has 0 radical (unpaired) electrons. The number of ketones is 1. The second-order valence-electron chi connectivity index (χ2n) is 6.23. The zero-order chi connectivity index (χ0) is 20.1. The van der Waals surface area contributed by atoms with Crippen molar-refractivity contribution in [2.24, 2.45) is 0 Å². The Labute approximate surface area is 158 Å². The van der Waals surface area contributed by atoms with Crippen molar-refractivity contribution >= 4 is 23.3 Å². The molecule has 27 heavy (non-hydrogen) atoms. The largest absolute Gasteiger partial charge is 0.462 e. The first-order valence-electron chi connectivity index (χ1n) is 8.79. The molecule has 1 heterocycles. The minimum atomic E-state index is -0.525. The minimum absolute atomic E-state index is 0.165. The van der Waals surface area contributed by atoms with Crippen molar-refractivity contribution < 1.29 is 19.1 Å². The molecule has 0 spiro atoms. The number of rotatable bonds is 7. The summed E-state index contributed by atoms with van der Waals surface area (Å²) in [6.07, 6.45) is 0. The van der Waals surface area contributed by atoms with Gasteiger partial charge in [-0.3, -0.25) is 9.59 Å². The molecule has 7 nitrogen and oxygen atoms in total. The molecule has 1 amide bonds. The van der Waals surface area contributed by atoms with Gasteiger partial charge in [0.2, 0.25) is 5.78 Å². The lowest BCUT2D eigenvalue weighted by molar-refractivity contribution is 0.0524. The van der Waals surface area contributed by atoms with Crippen LogP contribution in [0.2, 0.25) is 0 Å². The number of carbonyl (C=O) groups is 3. The number of carbonyl (C=O) groups excluding carboxylic acids is 3. The van der Waals surface area contributed by atoms with E-state index >= 15 is 0 Å². The van der Waals surface area contributed by atoms with E-state index in [2.05, 4.69) is 15.6 Å². The van der Waals surface area contributed by atoms with Crippen LogP contribution in [0.3, 0.4) is 0 Å².